The molecule has 1 aromatic carbocycles. The molecule has 1 heterocycles. The lowest BCUT2D eigenvalue weighted by molar-refractivity contribution is 0.0521. The van der Waals surface area contributed by atoms with Crippen LogP contribution >= 0.6 is 12.2 Å². The van der Waals surface area contributed by atoms with Crippen molar-refractivity contribution in [2.75, 3.05) is 13.1 Å². The van der Waals surface area contributed by atoms with E-state index in [1.165, 1.54) is 0 Å². The molecule has 1 amide bonds. The zero-order chi connectivity index (χ0) is 14.7. The van der Waals surface area contributed by atoms with Crippen molar-refractivity contribution in [2.45, 2.75) is 25.9 Å². The van der Waals surface area contributed by atoms with Gasteiger partial charge in [-0.3, -0.25) is 4.79 Å². The predicted octanol–water partition coefficient (Wildman–Crippen LogP) is 1.55. The van der Waals surface area contributed by atoms with E-state index in [9.17, 15) is 9.90 Å². The molecule has 20 heavy (non-hydrogen) atoms. The molecule has 1 atom stereocenters. The normalized spacial score (nSPS) is 17.8. The summed E-state index contributed by atoms with van der Waals surface area (Å²) < 4.78 is 0. The van der Waals surface area contributed by atoms with E-state index in [4.69, 9.17) is 18.0 Å². The second-order valence-electron chi connectivity index (χ2n) is 5.31. The maximum Gasteiger partial charge on any atom is 0.253 e. The van der Waals surface area contributed by atoms with Gasteiger partial charge in [-0.25, -0.2) is 0 Å². The third-order valence-corrected chi connectivity index (χ3v) is 4.16. The Bertz CT molecular complexity index is 491. The van der Waals surface area contributed by atoms with Gasteiger partial charge in [0, 0.05) is 24.2 Å². The Morgan fingerprint density at radius 2 is 1.80 bits per heavy atom. The number of amides is 1. The van der Waals surface area contributed by atoms with Gasteiger partial charge in [-0.1, -0.05) is 24.4 Å². The predicted molar refractivity (Wildman–Crippen MR) is 82.6 cm³/mol. The van der Waals surface area contributed by atoms with Crippen molar-refractivity contribution in [1.82, 2.24) is 4.90 Å². The molecule has 1 saturated heterocycles. The van der Waals surface area contributed by atoms with Gasteiger partial charge in [0.15, 0.2) is 0 Å². The maximum atomic E-state index is 12.4. The fourth-order valence-electron chi connectivity index (χ4n) is 2.54. The molecule has 1 aliphatic heterocycles. The van der Waals surface area contributed by atoms with Crippen LogP contribution in [0.5, 0.6) is 0 Å². The molecule has 0 aliphatic carbocycles. The molecule has 108 valence electrons. The first-order valence-corrected chi connectivity index (χ1v) is 7.27. The highest BCUT2D eigenvalue weighted by molar-refractivity contribution is 7.80. The van der Waals surface area contributed by atoms with Crippen LogP contribution in [0.2, 0.25) is 0 Å². The first-order chi connectivity index (χ1) is 9.49. The van der Waals surface area contributed by atoms with Gasteiger partial charge in [0.2, 0.25) is 0 Å². The van der Waals surface area contributed by atoms with E-state index in [0.29, 0.717) is 29.6 Å². The van der Waals surface area contributed by atoms with Crippen molar-refractivity contribution in [3.8, 4) is 0 Å². The number of benzene rings is 1. The Kier molecular flexibility index (Phi) is 4.73. The summed E-state index contributed by atoms with van der Waals surface area (Å²) in [5, 5.41) is 9.57. The Balaban J connectivity index is 2.00. The van der Waals surface area contributed by atoms with Gasteiger partial charge in [0.1, 0.15) is 4.99 Å². The highest BCUT2D eigenvalue weighted by Crippen LogP contribution is 2.22. The largest absolute Gasteiger partial charge is 0.393 e. The summed E-state index contributed by atoms with van der Waals surface area (Å²) in [5.41, 5.74) is 6.96. The van der Waals surface area contributed by atoms with Gasteiger partial charge in [0.25, 0.3) is 5.91 Å². The monoisotopic (exact) mass is 292 g/mol. The Morgan fingerprint density at radius 3 is 2.25 bits per heavy atom. The summed E-state index contributed by atoms with van der Waals surface area (Å²) in [6, 6.07) is 7.07. The van der Waals surface area contributed by atoms with Gasteiger partial charge in [0.05, 0.1) is 6.10 Å². The summed E-state index contributed by atoms with van der Waals surface area (Å²) in [6.07, 6.45) is 1.42. The standard InChI is InChI=1S/C15H20N2O2S/c1-10(18)11-6-8-17(9-7-11)15(19)13-4-2-12(3-5-13)14(16)20/h2-5,10-11,18H,6-9H2,1H3,(H2,16,20). The average molecular weight is 292 g/mol. The lowest BCUT2D eigenvalue weighted by atomic mass is 9.92. The van der Waals surface area contributed by atoms with Crippen LogP contribution in [0.3, 0.4) is 0 Å². The molecule has 0 bridgehead atoms. The molecule has 0 aromatic heterocycles. The number of rotatable bonds is 3. The second-order valence-corrected chi connectivity index (χ2v) is 5.75. The average Bonchev–Trinajstić information content (AvgIpc) is 2.46. The number of piperidine rings is 1. The Labute approximate surface area is 124 Å². The molecule has 5 heteroatoms. The van der Waals surface area contributed by atoms with Crippen molar-refractivity contribution in [1.29, 1.82) is 0 Å². The fourth-order valence-corrected chi connectivity index (χ4v) is 2.68. The summed E-state index contributed by atoms with van der Waals surface area (Å²) in [7, 11) is 0. The minimum absolute atomic E-state index is 0.0310. The number of thiocarbonyl (C=S) groups is 1. The highest BCUT2D eigenvalue weighted by Gasteiger charge is 2.25. The molecule has 1 fully saturated rings. The Hall–Kier alpha value is -1.46. The maximum absolute atomic E-state index is 12.4. The van der Waals surface area contributed by atoms with Crippen LogP contribution in [0.25, 0.3) is 0 Å². The molecule has 0 saturated carbocycles. The second kappa shape index (κ2) is 6.33. The van der Waals surface area contributed by atoms with E-state index in [2.05, 4.69) is 0 Å². The van der Waals surface area contributed by atoms with Gasteiger partial charge >= 0.3 is 0 Å². The van der Waals surface area contributed by atoms with E-state index < -0.39 is 0 Å². The van der Waals surface area contributed by atoms with E-state index in [0.717, 1.165) is 18.4 Å². The molecule has 0 radical (unpaired) electrons. The summed E-state index contributed by atoms with van der Waals surface area (Å²) in [6.45, 7) is 3.22. The van der Waals surface area contributed by atoms with Gasteiger partial charge < -0.3 is 15.7 Å². The first kappa shape index (κ1) is 14.9. The fraction of sp³-hybridized carbons (Fsp3) is 0.467. The molecular formula is C15H20N2O2S. The van der Waals surface area contributed by atoms with Crippen LogP contribution in [0.1, 0.15) is 35.7 Å². The van der Waals surface area contributed by atoms with Gasteiger partial charge in [-0.2, -0.15) is 0 Å². The smallest absolute Gasteiger partial charge is 0.253 e. The molecule has 1 aliphatic rings. The zero-order valence-corrected chi connectivity index (χ0v) is 12.4. The molecule has 3 N–H and O–H groups in total. The number of carbonyl (C=O) groups is 1. The zero-order valence-electron chi connectivity index (χ0n) is 11.6. The number of aliphatic hydroxyl groups excluding tert-OH is 1. The van der Waals surface area contributed by atoms with Gasteiger partial charge in [-0.05, 0) is 37.8 Å². The summed E-state index contributed by atoms with van der Waals surface area (Å²) in [5.74, 6) is 0.333. The summed E-state index contributed by atoms with van der Waals surface area (Å²) >= 11 is 4.89. The summed E-state index contributed by atoms with van der Waals surface area (Å²) in [4.78, 5) is 14.5. The van der Waals surface area contributed by atoms with Crippen molar-refractivity contribution in [3.05, 3.63) is 35.4 Å². The van der Waals surface area contributed by atoms with Crippen LogP contribution in [-0.2, 0) is 0 Å². The van der Waals surface area contributed by atoms with Crippen molar-refractivity contribution < 1.29 is 9.90 Å². The van der Waals surface area contributed by atoms with E-state index >= 15 is 0 Å². The number of hydrogen-bond donors (Lipinski definition) is 2. The van der Waals surface area contributed by atoms with E-state index in [-0.39, 0.29) is 12.0 Å². The van der Waals surface area contributed by atoms with Crippen LogP contribution in [-0.4, -0.2) is 40.1 Å². The van der Waals surface area contributed by atoms with Crippen LogP contribution < -0.4 is 5.73 Å². The molecule has 1 aromatic rings. The number of carbonyl (C=O) groups excluding carboxylic acids is 1. The molecule has 2 rings (SSSR count). The number of hydrogen-bond acceptors (Lipinski definition) is 3. The quantitative estimate of drug-likeness (QED) is 0.830. The van der Waals surface area contributed by atoms with Crippen molar-refractivity contribution >= 4 is 23.1 Å². The molecule has 4 nitrogen and oxygen atoms in total. The van der Waals surface area contributed by atoms with Crippen LogP contribution in [0.15, 0.2) is 24.3 Å². The third-order valence-electron chi connectivity index (χ3n) is 3.93. The Morgan fingerprint density at radius 1 is 1.30 bits per heavy atom. The van der Waals surface area contributed by atoms with E-state index in [1.54, 1.807) is 24.3 Å². The highest BCUT2D eigenvalue weighted by atomic mass is 32.1. The topological polar surface area (TPSA) is 66.6 Å². The SMILES string of the molecule is CC(O)C1CCN(C(=O)c2ccc(C(N)=S)cc2)CC1. The van der Waals surface area contributed by atoms with Crippen molar-refractivity contribution in [3.63, 3.8) is 0 Å². The molecular weight excluding hydrogens is 272 g/mol. The first-order valence-electron chi connectivity index (χ1n) is 6.86. The number of aliphatic hydroxyl groups is 1. The number of likely N-dealkylation sites (tertiary alicyclic amines) is 1. The lowest BCUT2D eigenvalue weighted by Crippen LogP contribution is -2.40. The molecule has 0 spiro atoms. The van der Waals surface area contributed by atoms with Crippen LogP contribution in [0.4, 0.5) is 0 Å². The van der Waals surface area contributed by atoms with Crippen LogP contribution in [0, 0.1) is 5.92 Å². The number of nitrogens with two attached hydrogens (primary N) is 1. The minimum atomic E-state index is -0.294. The van der Waals surface area contributed by atoms with E-state index in [1.807, 2.05) is 11.8 Å². The van der Waals surface area contributed by atoms with Gasteiger partial charge in [-0.15, -0.1) is 0 Å². The molecule has 1 unspecified atom stereocenters. The minimum Gasteiger partial charge on any atom is -0.393 e. The lowest BCUT2D eigenvalue weighted by Gasteiger charge is -2.33. The number of nitrogens with zero attached hydrogens (tertiary/aromatic N) is 1. The van der Waals surface area contributed by atoms with Crippen molar-refractivity contribution in [2.24, 2.45) is 11.7 Å². The third kappa shape index (κ3) is 3.35.